The van der Waals surface area contributed by atoms with Crippen LogP contribution >= 0.6 is 23.6 Å². The molecule has 0 saturated carbocycles. The van der Waals surface area contributed by atoms with Gasteiger partial charge in [0.2, 0.25) is 0 Å². The molecule has 0 fully saturated rings. The van der Waals surface area contributed by atoms with Crippen LogP contribution in [0.15, 0.2) is 36.4 Å². The monoisotopic (exact) mass is 414 g/mol. The average Bonchev–Trinajstić information content (AvgIpc) is 3.15. The third-order valence-electron chi connectivity index (χ3n) is 4.11. The zero-order valence-electron chi connectivity index (χ0n) is 16.2. The smallest absolute Gasteiger partial charge is 0.340 e. The van der Waals surface area contributed by atoms with Crippen LogP contribution in [0, 0.1) is 20.8 Å². The second-order valence-corrected chi connectivity index (χ2v) is 8.12. The Kier molecular flexibility index (Phi) is 6.11. The van der Waals surface area contributed by atoms with Crippen molar-refractivity contribution in [2.75, 3.05) is 17.7 Å². The summed E-state index contributed by atoms with van der Waals surface area (Å²) < 4.78 is 6.80. The molecule has 2 heterocycles. The SMILES string of the molecule is COC(=O)c1cc(C)sc1NC(=S)Nc1cccc(Cn2nc(C)cc2C)c1. The van der Waals surface area contributed by atoms with Gasteiger partial charge in [-0.3, -0.25) is 4.68 Å². The zero-order chi connectivity index (χ0) is 20.3. The quantitative estimate of drug-likeness (QED) is 0.473. The van der Waals surface area contributed by atoms with E-state index in [1.165, 1.54) is 18.4 Å². The fourth-order valence-electron chi connectivity index (χ4n) is 2.89. The Morgan fingerprint density at radius 2 is 2.00 bits per heavy atom. The van der Waals surface area contributed by atoms with Gasteiger partial charge in [-0.1, -0.05) is 12.1 Å². The first-order valence-electron chi connectivity index (χ1n) is 8.72. The van der Waals surface area contributed by atoms with Crippen molar-refractivity contribution in [3.8, 4) is 0 Å². The number of nitrogens with zero attached hydrogens (tertiary/aromatic N) is 2. The van der Waals surface area contributed by atoms with Gasteiger partial charge in [0.05, 0.1) is 24.9 Å². The van der Waals surface area contributed by atoms with Crippen LogP contribution in [0.3, 0.4) is 0 Å². The van der Waals surface area contributed by atoms with E-state index in [1.54, 1.807) is 6.07 Å². The topological polar surface area (TPSA) is 68.2 Å². The Balaban J connectivity index is 1.70. The Hall–Kier alpha value is -2.71. The third kappa shape index (κ3) is 4.76. The van der Waals surface area contributed by atoms with Crippen LogP contribution < -0.4 is 10.6 Å². The van der Waals surface area contributed by atoms with Crippen LogP contribution in [0.2, 0.25) is 0 Å². The first-order valence-corrected chi connectivity index (χ1v) is 9.95. The molecule has 1 aromatic carbocycles. The summed E-state index contributed by atoms with van der Waals surface area (Å²) in [4.78, 5) is 12.9. The number of carbonyl (C=O) groups is 1. The number of nitrogens with one attached hydrogen (secondary N) is 2. The van der Waals surface area contributed by atoms with Gasteiger partial charge in [-0.2, -0.15) is 5.10 Å². The molecule has 0 aliphatic rings. The zero-order valence-corrected chi connectivity index (χ0v) is 17.8. The Labute approximate surface area is 173 Å². The summed E-state index contributed by atoms with van der Waals surface area (Å²) in [5.74, 6) is -0.387. The van der Waals surface area contributed by atoms with Crippen LogP contribution in [0.5, 0.6) is 0 Å². The van der Waals surface area contributed by atoms with Crippen molar-refractivity contribution in [2.45, 2.75) is 27.3 Å². The van der Waals surface area contributed by atoms with Gasteiger partial charge in [0.25, 0.3) is 0 Å². The van der Waals surface area contributed by atoms with E-state index in [0.717, 1.165) is 27.5 Å². The van der Waals surface area contributed by atoms with Gasteiger partial charge in [0.1, 0.15) is 5.00 Å². The molecule has 146 valence electrons. The molecule has 28 heavy (non-hydrogen) atoms. The lowest BCUT2D eigenvalue weighted by Crippen LogP contribution is -2.20. The lowest BCUT2D eigenvalue weighted by Gasteiger charge is -2.12. The normalized spacial score (nSPS) is 10.6. The van der Waals surface area contributed by atoms with Crippen molar-refractivity contribution in [1.29, 1.82) is 0 Å². The largest absolute Gasteiger partial charge is 0.465 e. The fourth-order valence-corrected chi connectivity index (χ4v) is 4.08. The van der Waals surface area contributed by atoms with Gasteiger partial charge >= 0.3 is 5.97 Å². The van der Waals surface area contributed by atoms with Crippen LogP contribution in [0.4, 0.5) is 10.7 Å². The molecule has 0 aliphatic heterocycles. The van der Waals surface area contributed by atoms with Crippen molar-refractivity contribution in [1.82, 2.24) is 9.78 Å². The number of esters is 1. The molecule has 0 spiro atoms. The van der Waals surface area contributed by atoms with E-state index in [-0.39, 0.29) is 5.97 Å². The Morgan fingerprint density at radius 1 is 1.21 bits per heavy atom. The molecule has 0 bridgehead atoms. The molecule has 6 nitrogen and oxygen atoms in total. The number of thiophene rings is 1. The second-order valence-electron chi connectivity index (χ2n) is 6.46. The maximum absolute atomic E-state index is 11.9. The number of anilines is 2. The highest BCUT2D eigenvalue weighted by atomic mass is 32.1. The molecule has 0 aliphatic carbocycles. The molecule has 3 rings (SSSR count). The van der Waals surface area contributed by atoms with E-state index in [1.807, 2.05) is 43.7 Å². The summed E-state index contributed by atoms with van der Waals surface area (Å²) in [5, 5.41) is 11.9. The number of aryl methyl sites for hydroxylation is 3. The van der Waals surface area contributed by atoms with E-state index >= 15 is 0 Å². The van der Waals surface area contributed by atoms with E-state index in [0.29, 0.717) is 22.2 Å². The van der Waals surface area contributed by atoms with Crippen LogP contribution in [0.1, 0.15) is 32.2 Å². The minimum Gasteiger partial charge on any atom is -0.465 e. The van der Waals surface area contributed by atoms with E-state index < -0.39 is 0 Å². The van der Waals surface area contributed by atoms with Crippen molar-refractivity contribution in [2.24, 2.45) is 0 Å². The van der Waals surface area contributed by atoms with Crippen LogP contribution in [-0.2, 0) is 11.3 Å². The highest BCUT2D eigenvalue weighted by Crippen LogP contribution is 2.28. The maximum atomic E-state index is 11.9. The Bertz CT molecular complexity index is 1020. The lowest BCUT2D eigenvalue weighted by molar-refractivity contribution is 0.0602. The number of carbonyl (C=O) groups excluding carboxylic acids is 1. The predicted octanol–water partition coefficient (Wildman–Crippen LogP) is 4.51. The van der Waals surface area contributed by atoms with Crippen LogP contribution in [-0.4, -0.2) is 28.0 Å². The number of ether oxygens (including phenoxy) is 1. The van der Waals surface area contributed by atoms with Gasteiger partial charge in [-0.25, -0.2) is 4.79 Å². The van der Waals surface area contributed by atoms with E-state index in [4.69, 9.17) is 17.0 Å². The minimum absolute atomic E-state index is 0.387. The number of hydrogen-bond acceptors (Lipinski definition) is 5. The molecular formula is C20H22N4O2S2. The summed E-state index contributed by atoms with van der Waals surface area (Å²) >= 11 is 6.88. The molecule has 0 radical (unpaired) electrons. The van der Waals surface area contributed by atoms with Crippen molar-refractivity contribution in [3.05, 3.63) is 63.8 Å². The molecule has 3 aromatic rings. The minimum atomic E-state index is -0.387. The van der Waals surface area contributed by atoms with Crippen LogP contribution in [0.25, 0.3) is 0 Å². The van der Waals surface area contributed by atoms with E-state index in [2.05, 4.69) is 27.9 Å². The first kappa shape index (κ1) is 20.0. The van der Waals surface area contributed by atoms with Gasteiger partial charge in [-0.05, 0) is 62.8 Å². The summed E-state index contributed by atoms with van der Waals surface area (Å²) in [7, 11) is 1.37. The molecular weight excluding hydrogens is 392 g/mol. The highest BCUT2D eigenvalue weighted by Gasteiger charge is 2.16. The summed E-state index contributed by atoms with van der Waals surface area (Å²) in [6.45, 7) is 6.65. The van der Waals surface area contributed by atoms with Gasteiger partial charge < -0.3 is 15.4 Å². The average molecular weight is 415 g/mol. The molecule has 0 saturated heterocycles. The number of thiocarbonyl (C=S) groups is 1. The third-order valence-corrected chi connectivity index (χ3v) is 5.28. The van der Waals surface area contributed by atoms with Crippen molar-refractivity contribution in [3.63, 3.8) is 0 Å². The highest BCUT2D eigenvalue weighted by molar-refractivity contribution is 7.80. The number of aromatic nitrogens is 2. The number of rotatable bonds is 5. The second kappa shape index (κ2) is 8.53. The number of hydrogen-bond donors (Lipinski definition) is 2. The molecule has 0 unspecified atom stereocenters. The van der Waals surface area contributed by atoms with Gasteiger partial charge in [0, 0.05) is 16.3 Å². The number of benzene rings is 1. The van der Waals surface area contributed by atoms with Crippen molar-refractivity contribution >= 4 is 45.3 Å². The molecule has 2 N–H and O–H groups in total. The standard InChI is InChI=1S/C20H22N4O2S2/c1-12-8-13(2)24(23-12)11-15-6-5-7-16(10-15)21-20(27)22-18-17(19(25)26-4)9-14(3)28-18/h5-10H,11H2,1-4H3,(H2,21,22,27). The molecule has 0 atom stereocenters. The van der Waals surface area contributed by atoms with E-state index in [9.17, 15) is 4.79 Å². The summed E-state index contributed by atoms with van der Waals surface area (Å²) in [5.41, 5.74) is 4.58. The van der Waals surface area contributed by atoms with Gasteiger partial charge in [0.15, 0.2) is 5.11 Å². The fraction of sp³-hybridized carbons (Fsp3) is 0.250. The predicted molar refractivity (Wildman–Crippen MR) is 117 cm³/mol. The molecule has 8 heteroatoms. The van der Waals surface area contributed by atoms with Gasteiger partial charge in [-0.15, -0.1) is 11.3 Å². The maximum Gasteiger partial charge on any atom is 0.340 e. The molecule has 2 aromatic heterocycles. The number of methoxy groups -OCH3 is 1. The summed E-state index contributed by atoms with van der Waals surface area (Å²) in [6, 6.07) is 11.8. The van der Waals surface area contributed by atoms with Crippen molar-refractivity contribution < 1.29 is 9.53 Å². The molecule has 0 amide bonds. The Morgan fingerprint density at radius 3 is 2.68 bits per heavy atom. The summed E-state index contributed by atoms with van der Waals surface area (Å²) in [6.07, 6.45) is 0. The first-order chi connectivity index (χ1) is 13.4. The lowest BCUT2D eigenvalue weighted by atomic mass is 10.2.